The van der Waals surface area contributed by atoms with Crippen molar-refractivity contribution in [1.82, 2.24) is 9.94 Å². The third-order valence-corrected chi connectivity index (χ3v) is 2.08. The standard InChI is InChI=1S/C7H5N3O6/c11-3-1-2-4(7(13)8-9(2)14)5(6(3)12)10(15)16/h1,11-12,14H,(H,8,13). The molecule has 0 bridgehead atoms. The highest BCUT2D eigenvalue weighted by Gasteiger charge is 2.27. The highest BCUT2D eigenvalue weighted by molar-refractivity contribution is 5.92. The Labute approximate surface area is 85.9 Å². The number of aromatic amines is 1. The number of hydrogen-bond donors (Lipinski definition) is 4. The minimum atomic E-state index is -1.02. The molecule has 9 nitrogen and oxygen atoms in total. The summed E-state index contributed by atoms with van der Waals surface area (Å²) in [5, 5.41) is 39.6. The number of nitrogens with zero attached hydrogens (tertiary/aromatic N) is 2. The molecule has 1 aromatic carbocycles. The molecule has 0 amide bonds. The van der Waals surface area contributed by atoms with Crippen LogP contribution in [0.1, 0.15) is 0 Å². The number of hydrogen-bond acceptors (Lipinski definition) is 6. The number of phenols is 2. The maximum Gasteiger partial charge on any atom is 0.329 e. The molecular formula is C7H5N3O6. The zero-order chi connectivity index (χ0) is 12.0. The molecule has 0 aliphatic carbocycles. The van der Waals surface area contributed by atoms with Crippen LogP contribution in [0.5, 0.6) is 11.5 Å². The van der Waals surface area contributed by atoms with E-state index < -0.39 is 33.1 Å². The van der Waals surface area contributed by atoms with Gasteiger partial charge in [-0.15, -0.1) is 4.85 Å². The van der Waals surface area contributed by atoms with Crippen LogP contribution in [0, 0.1) is 10.1 Å². The monoisotopic (exact) mass is 227 g/mol. The first kappa shape index (κ1) is 9.83. The van der Waals surface area contributed by atoms with Gasteiger partial charge in [-0.3, -0.25) is 14.9 Å². The number of nitro benzene ring substituents is 1. The van der Waals surface area contributed by atoms with Crippen molar-refractivity contribution in [3.05, 3.63) is 26.5 Å². The topological polar surface area (TPSA) is 142 Å². The lowest BCUT2D eigenvalue weighted by Crippen LogP contribution is -2.03. The Morgan fingerprint density at radius 3 is 2.62 bits per heavy atom. The van der Waals surface area contributed by atoms with Gasteiger partial charge >= 0.3 is 5.69 Å². The molecule has 4 N–H and O–H groups in total. The molecule has 0 saturated carbocycles. The predicted molar refractivity (Wildman–Crippen MR) is 49.7 cm³/mol. The van der Waals surface area contributed by atoms with Crippen molar-refractivity contribution in [3.63, 3.8) is 0 Å². The van der Waals surface area contributed by atoms with Crippen LogP contribution in [-0.4, -0.2) is 30.3 Å². The molecule has 1 aromatic heterocycles. The number of rotatable bonds is 1. The van der Waals surface area contributed by atoms with E-state index in [0.717, 1.165) is 6.07 Å². The predicted octanol–water partition coefficient (Wildman–Crippen LogP) is -0.114. The van der Waals surface area contributed by atoms with Gasteiger partial charge in [-0.1, -0.05) is 0 Å². The number of nitrogens with one attached hydrogen (secondary N) is 1. The number of nitro groups is 1. The summed E-state index contributed by atoms with van der Waals surface area (Å²) in [6.45, 7) is 0. The first-order valence-electron chi connectivity index (χ1n) is 3.96. The van der Waals surface area contributed by atoms with Crippen LogP contribution in [0.3, 0.4) is 0 Å². The highest BCUT2D eigenvalue weighted by Crippen LogP contribution is 2.39. The van der Waals surface area contributed by atoms with Crippen LogP contribution in [0.4, 0.5) is 5.69 Å². The van der Waals surface area contributed by atoms with Crippen LogP contribution in [0.2, 0.25) is 0 Å². The van der Waals surface area contributed by atoms with Crippen molar-refractivity contribution in [1.29, 1.82) is 0 Å². The van der Waals surface area contributed by atoms with E-state index in [1.165, 1.54) is 0 Å². The summed E-state index contributed by atoms with van der Waals surface area (Å²) < 4.78 is 0. The van der Waals surface area contributed by atoms with Gasteiger partial charge in [0.2, 0.25) is 5.75 Å². The molecule has 9 heteroatoms. The second kappa shape index (κ2) is 2.89. The molecule has 0 aliphatic rings. The number of aromatic hydroxyl groups is 2. The van der Waals surface area contributed by atoms with Gasteiger partial charge in [0.05, 0.1) is 4.92 Å². The van der Waals surface area contributed by atoms with E-state index >= 15 is 0 Å². The van der Waals surface area contributed by atoms with Crippen molar-refractivity contribution in [2.45, 2.75) is 0 Å². The van der Waals surface area contributed by atoms with Crippen LogP contribution in [-0.2, 0) is 0 Å². The third-order valence-electron chi connectivity index (χ3n) is 2.08. The van der Waals surface area contributed by atoms with Crippen LogP contribution in [0.15, 0.2) is 10.9 Å². The normalized spacial score (nSPS) is 10.8. The summed E-state index contributed by atoms with van der Waals surface area (Å²) in [4.78, 5) is 21.1. The van der Waals surface area contributed by atoms with Crippen molar-refractivity contribution in [2.24, 2.45) is 0 Å². The highest BCUT2D eigenvalue weighted by atomic mass is 16.6. The molecule has 0 spiro atoms. The minimum Gasteiger partial charge on any atom is -0.504 e. The van der Waals surface area contributed by atoms with Crippen molar-refractivity contribution >= 4 is 16.6 Å². The summed E-state index contributed by atoms with van der Waals surface area (Å²) in [5.41, 5.74) is -2.20. The first-order valence-corrected chi connectivity index (χ1v) is 3.96. The zero-order valence-electron chi connectivity index (χ0n) is 7.54. The van der Waals surface area contributed by atoms with Crippen molar-refractivity contribution in [2.75, 3.05) is 0 Å². The molecular weight excluding hydrogens is 222 g/mol. The molecule has 0 fully saturated rings. The SMILES string of the molecule is O=c1[nH]n(O)c2cc(O)c(O)c([N+](=O)[O-])c12. The van der Waals surface area contributed by atoms with Gasteiger partial charge in [-0.2, -0.15) is 0 Å². The molecule has 0 radical (unpaired) electrons. The Kier molecular flexibility index (Phi) is 1.77. The van der Waals surface area contributed by atoms with E-state index in [1.54, 1.807) is 0 Å². The first-order chi connectivity index (χ1) is 7.43. The summed E-state index contributed by atoms with van der Waals surface area (Å²) in [6.07, 6.45) is 0. The van der Waals surface area contributed by atoms with E-state index in [1.807, 2.05) is 5.10 Å². The van der Waals surface area contributed by atoms with Gasteiger partial charge in [0.1, 0.15) is 5.52 Å². The third kappa shape index (κ3) is 1.08. The van der Waals surface area contributed by atoms with E-state index in [4.69, 9.17) is 5.21 Å². The summed E-state index contributed by atoms with van der Waals surface area (Å²) in [7, 11) is 0. The Balaban J connectivity index is 3.10. The maximum absolute atomic E-state index is 11.3. The summed E-state index contributed by atoms with van der Waals surface area (Å²) >= 11 is 0. The maximum atomic E-state index is 11.3. The van der Waals surface area contributed by atoms with E-state index in [2.05, 4.69) is 0 Å². The second-order valence-corrected chi connectivity index (χ2v) is 3.00. The number of H-pyrrole nitrogens is 1. The molecule has 2 aromatic rings. The molecule has 0 unspecified atom stereocenters. The van der Waals surface area contributed by atoms with Crippen molar-refractivity contribution < 1.29 is 20.3 Å². The van der Waals surface area contributed by atoms with Gasteiger partial charge in [-0.05, 0) is 0 Å². The molecule has 0 atom stereocenters. The van der Waals surface area contributed by atoms with Gasteiger partial charge in [0, 0.05) is 6.07 Å². The van der Waals surface area contributed by atoms with Gasteiger partial charge in [0.25, 0.3) is 5.56 Å². The lowest BCUT2D eigenvalue weighted by Gasteiger charge is -2.00. The quantitative estimate of drug-likeness (QED) is 0.231. The number of aromatic nitrogens is 2. The number of fused-ring (bicyclic) bond motifs is 1. The van der Waals surface area contributed by atoms with Crippen molar-refractivity contribution in [3.8, 4) is 11.5 Å². The molecule has 1 heterocycles. The second-order valence-electron chi connectivity index (χ2n) is 3.00. The Hall–Kier alpha value is -2.71. The van der Waals surface area contributed by atoms with E-state index in [0.29, 0.717) is 0 Å². The van der Waals surface area contributed by atoms with Gasteiger partial charge in [0.15, 0.2) is 11.1 Å². The number of benzene rings is 1. The van der Waals surface area contributed by atoms with Crippen LogP contribution < -0.4 is 5.56 Å². The fraction of sp³-hybridized carbons (Fsp3) is 0. The summed E-state index contributed by atoms with van der Waals surface area (Å²) in [5.74, 6) is -1.82. The molecule has 84 valence electrons. The molecule has 0 saturated heterocycles. The smallest absolute Gasteiger partial charge is 0.329 e. The van der Waals surface area contributed by atoms with Gasteiger partial charge < -0.3 is 15.4 Å². The summed E-state index contributed by atoms with van der Waals surface area (Å²) in [6, 6.07) is 0.829. The fourth-order valence-electron chi connectivity index (χ4n) is 1.41. The Morgan fingerprint density at radius 1 is 1.44 bits per heavy atom. The van der Waals surface area contributed by atoms with Crippen LogP contribution >= 0.6 is 0 Å². The average Bonchev–Trinajstić information content (AvgIpc) is 2.44. The Morgan fingerprint density at radius 2 is 2.06 bits per heavy atom. The van der Waals surface area contributed by atoms with Crippen LogP contribution in [0.25, 0.3) is 10.9 Å². The largest absolute Gasteiger partial charge is 0.504 e. The van der Waals surface area contributed by atoms with E-state index in [-0.39, 0.29) is 10.4 Å². The minimum absolute atomic E-state index is 0.226. The lowest BCUT2D eigenvalue weighted by molar-refractivity contribution is -0.384. The van der Waals surface area contributed by atoms with Gasteiger partial charge in [-0.25, -0.2) is 5.10 Å². The van der Waals surface area contributed by atoms with E-state index in [9.17, 15) is 25.1 Å². The molecule has 0 aliphatic heterocycles. The Bertz CT molecular complexity index is 654. The molecule has 2 rings (SSSR count). The molecule has 16 heavy (non-hydrogen) atoms. The average molecular weight is 227 g/mol. The lowest BCUT2D eigenvalue weighted by atomic mass is 10.2. The fourth-order valence-corrected chi connectivity index (χ4v) is 1.41. The zero-order valence-corrected chi connectivity index (χ0v) is 7.54. The number of phenolic OH excluding ortho intramolecular Hbond substituents is 2.